The molecule has 0 radical (unpaired) electrons. The molecular formula is C15H13N5O2. The molecule has 3 aromatic rings. The number of benzene rings is 2. The highest BCUT2D eigenvalue weighted by atomic mass is 16.4. The number of aromatic nitrogens is 4. The van der Waals surface area contributed by atoms with Gasteiger partial charge in [-0.3, -0.25) is 0 Å². The number of aryl methyl sites for hydroxylation is 1. The van der Waals surface area contributed by atoms with Crippen LogP contribution in [-0.4, -0.2) is 31.3 Å². The Bertz CT molecular complexity index is 857. The van der Waals surface area contributed by atoms with E-state index in [0.717, 1.165) is 11.1 Å². The van der Waals surface area contributed by atoms with Crippen molar-refractivity contribution in [3.63, 3.8) is 0 Å². The molecule has 0 aliphatic carbocycles. The van der Waals surface area contributed by atoms with E-state index in [4.69, 9.17) is 10.8 Å². The number of carboxylic acid groups (broad SMARTS) is 1. The number of nitrogens with two attached hydrogens (primary N) is 1. The molecule has 110 valence electrons. The summed E-state index contributed by atoms with van der Waals surface area (Å²) in [5.41, 5.74) is 9.03. The van der Waals surface area contributed by atoms with E-state index < -0.39 is 5.97 Å². The van der Waals surface area contributed by atoms with Gasteiger partial charge in [-0.05, 0) is 47.2 Å². The Morgan fingerprint density at radius 2 is 2.05 bits per heavy atom. The summed E-state index contributed by atoms with van der Waals surface area (Å²) >= 11 is 0. The summed E-state index contributed by atoms with van der Waals surface area (Å²) < 4.78 is 1.48. The number of carbonyl (C=O) groups is 1. The van der Waals surface area contributed by atoms with Gasteiger partial charge in [-0.15, -0.1) is 5.10 Å². The maximum absolute atomic E-state index is 11.1. The molecule has 0 bridgehead atoms. The molecule has 0 unspecified atom stereocenters. The molecule has 1 aromatic heterocycles. The van der Waals surface area contributed by atoms with Crippen molar-refractivity contribution in [2.75, 3.05) is 5.73 Å². The first-order valence-electron chi connectivity index (χ1n) is 6.55. The van der Waals surface area contributed by atoms with Crippen LogP contribution in [0.1, 0.15) is 15.9 Å². The fraction of sp³-hybridized carbons (Fsp3) is 0.0667. The van der Waals surface area contributed by atoms with Gasteiger partial charge in [-0.2, -0.15) is 4.68 Å². The number of aromatic carboxylic acids is 1. The van der Waals surface area contributed by atoms with E-state index in [2.05, 4.69) is 15.5 Å². The first-order chi connectivity index (χ1) is 10.6. The van der Waals surface area contributed by atoms with Crippen LogP contribution in [0.15, 0.2) is 42.5 Å². The molecule has 0 atom stereocenters. The highest BCUT2D eigenvalue weighted by Gasteiger charge is 2.13. The predicted molar refractivity (Wildman–Crippen MR) is 80.7 cm³/mol. The second kappa shape index (κ2) is 5.28. The zero-order valence-corrected chi connectivity index (χ0v) is 11.8. The van der Waals surface area contributed by atoms with E-state index in [-0.39, 0.29) is 5.56 Å². The third kappa shape index (κ3) is 2.39. The number of carboxylic acids is 1. The van der Waals surface area contributed by atoms with Crippen LogP contribution in [0.2, 0.25) is 0 Å². The van der Waals surface area contributed by atoms with Crippen LogP contribution in [0, 0.1) is 6.92 Å². The van der Waals surface area contributed by atoms with Crippen LogP contribution in [0.4, 0.5) is 5.69 Å². The van der Waals surface area contributed by atoms with Gasteiger partial charge in [0.1, 0.15) is 0 Å². The van der Waals surface area contributed by atoms with Crippen molar-refractivity contribution in [1.82, 2.24) is 20.2 Å². The van der Waals surface area contributed by atoms with Gasteiger partial charge in [0.15, 0.2) is 5.82 Å². The molecule has 0 saturated carbocycles. The van der Waals surface area contributed by atoms with Crippen molar-refractivity contribution in [1.29, 1.82) is 0 Å². The number of tetrazole rings is 1. The zero-order chi connectivity index (χ0) is 15.7. The lowest BCUT2D eigenvalue weighted by molar-refractivity contribution is 0.0697. The van der Waals surface area contributed by atoms with Gasteiger partial charge in [0.25, 0.3) is 0 Å². The Balaban J connectivity index is 2.11. The van der Waals surface area contributed by atoms with Crippen molar-refractivity contribution in [3.8, 4) is 17.1 Å². The van der Waals surface area contributed by atoms with Crippen LogP contribution in [0.5, 0.6) is 0 Å². The van der Waals surface area contributed by atoms with Crippen molar-refractivity contribution < 1.29 is 9.90 Å². The highest BCUT2D eigenvalue weighted by Crippen LogP contribution is 2.23. The van der Waals surface area contributed by atoms with Gasteiger partial charge < -0.3 is 10.8 Å². The molecule has 7 nitrogen and oxygen atoms in total. The number of anilines is 1. The average Bonchev–Trinajstić information content (AvgIpc) is 2.99. The van der Waals surface area contributed by atoms with Crippen LogP contribution in [-0.2, 0) is 0 Å². The fourth-order valence-corrected chi connectivity index (χ4v) is 2.09. The van der Waals surface area contributed by atoms with Crippen molar-refractivity contribution in [2.24, 2.45) is 0 Å². The first kappa shape index (κ1) is 13.7. The minimum absolute atomic E-state index is 0.169. The number of rotatable bonds is 3. The summed E-state index contributed by atoms with van der Waals surface area (Å²) in [4.78, 5) is 11.1. The summed E-state index contributed by atoms with van der Waals surface area (Å²) in [5, 5.41) is 20.7. The van der Waals surface area contributed by atoms with E-state index in [1.165, 1.54) is 16.8 Å². The molecule has 0 spiro atoms. The summed E-state index contributed by atoms with van der Waals surface area (Å²) in [7, 11) is 0. The lowest BCUT2D eigenvalue weighted by atomic mass is 10.1. The van der Waals surface area contributed by atoms with Gasteiger partial charge >= 0.3 is 5.97 Å². The molecule has 1 heterocycles. The van der Waals surface area contributed by atoms with Gasteiger partial charge in [0, 0.05) is 11.3 Å². The Kier molecular flexibility index (Phi) is 3.30. The molecule has 3 rings (SSSR count). The van der Waals surface area contributed by atoms with E-state index in [1.54, 1.807) is 18.2 Å². The van der Waals surface area contributed by atoms with E-state index in [0.29, 0.717) is 17.2 Å². The molecule has 0 aliphatic heterocycles. The Labute approximate surface area is 126 Å². The molecule has 2 aromatic carbocycles. The minimum atomic E-state index is -1.00. The summed E-state index contributed by atoms with van der Waals surface area (Å²) in [6, 6.07) is 12.0. The molecular weight excluding hydrogens is 282 g/mol. The van der Waals surface area contributed by atoms with Crippen LogP contribution >= 0.6 is 0 Å². The maximum atomic E-state index is 11.1. The first-order valence-corrected chi connectivity index (χ1v) is 6.55. The van der Waals surface area contributed by atoms with Gasteiger partial charge in [0.05, 0.1) is 11.3 Å². The Hall–Kier alpha value is -3.22. The Morgan fingerprint density at radius 1 is 1.23 bits per heavy atom. The third-order valence-corrected chi connectivity index (χ3v) is 3.34. The average molecular weight is 295 g/mol. The van der Waals surface area contributed by atoms with E-state index in [1.807, 2.05) is 19.1 Å². The summed E-state index contributed by atoms with van der Waals surface area (Å²) in [5.74, 6) is -0.509. The molecule has 0 aliphatic rings. The SMILES string of the molecule is Cc1ccc(-c2nnnn2-c2cccc(C(=O)O)c2)cc1N. The van der Waals surface area contributed by atoms with E-state index >= 15 is 0 Å². The Morgan fingerprint density at radius 3 is 2.77 bits per heavy atom. The monoisotopic (exact) mass is 295 g/mol. The second-order valence-corrected chi connectivity index (χ2v) is 4.84. The van der Waals surface area contributed by atoms with Gasteiger partial charge in [-0.1, -0.05) is 18.2 Å². The van der Waals surface area contributed by atoms with Crippen molar-refractivity contribution >= 4 is 11.7 Å². The zero-order valence-electron chi connectivity index (χ0n) is 11.8. The van der Waals surface area contributed by atoms with Crippen LogP contribution < -0.4 is 5.73 Å². The predicted octanol–water partition coefficient (Wildman–Crippen LogP) is 1.92. The third-order valence-electron chi connectivity index (χ3n) is 3.34. The number of nitrogens with zero attached hydrogens (tertiary/aromatic N) is 4. The summed E-state index contributed by atoms with van der Waals surface area (Å²) in [6.07, 6.45) is 0. The lowest BCUT2D eigenvalue weighted by Gasteiger charge is -2.07. The van der Waals surface area contributed by atoms with Crippen molar-refractivity contribution in [2.45, 2.75) is 6.92 Å². The second-order valence-electron chi connectivity index (χ2n) is 4.84. The molecule has 3 N–H and O–H groups in total. The molecule has 0 amide bonds. The van der Waals surface area contributed by atoms with Crippen molar-refractivity contribution in [3.05, 3.63) is 53.6 Å². The summed E-state index contributed by atoms with van der Waals surface area (Å²) in [6.45, 7) is 1.92. The number of hydrogen-bond donors (Lipinski definition) is 2. The standard InChI is InChI=1S/C15H13N5O2/c1-9-5-6-10(8-13(9)16)14-17-18-19-20(14)12-4-2-3-11(7-12)15(21)22/h2-8H,16H2,1H3,(H,21,22). The molecule has 22 heavy (non-hydrogen) atoms. The number of nitrogen functional groups attached to an aromatic ring is 1. The molecule has 0 saturated heterocycles. The van der Waals surface area contributed by atoms with E-state index in [9.17, 15) is 4.79 Å². The van der Waals surface area contributed by atoms with Gasteiger partial charge in [-0.25, -0.2) is 4.79 Å². The fourth-order valence-electron chi connectivity index (χ4n) is 2.09. The molecule has 7 heteroatoms. The normalized spacial score (nSPS) is 10.6. The smallest absolute Gasteiger partial charge is 0.335 e. The molecule has 0 fully saturated rings. The maximum Gasteiger partial charge on any atom is 0.335 e. The van der Waals surface area contributed by atoms with Crippen LogP contribution in [0.3, 0.4) is 0 Å². The quantitative estimate of drug-likeness (QED) is 0.715. The highest BCUT2D eigenvalue weighted by molar-refractivity contribution is 5.88. The largest absolute Gasteiger partial charge is 0.478 e. The lowest BCUT2D eigenvalue weighted by Crippen LogP contribution is -2.03. The van der Waals surface area contributed by atoms with Crippen LogP contribution in [0.25, 0.3) is 17.1 Å². The topological polar surface area (TPSA) is 107 Å². The van der Waals surface area contributed by atoms with Gasteiger partial charge in [0.2, 0.25) is 0 Å². The number of hydrogen-bond acceptors (Lipinski definition) is 5. The minimum Gasteiger partial charge on any atom is -0.478 e.